The quantitative estimate of drug-likeness (QED) is 0.262. The van der Waals surface area contributed by atoms with E-state index in [9.17, 15) is 4.79 Å². The van der Waals surface area contributed by atoms with Gasteiger partial charge in [-0.2, -0.15) is 0 Å². The summed E-state index contributed by atoms with van der Waals surface area (Å²) in [5.41, 5.74) is 9.26. The maximum atomic E-state index is 14.0. The number of rotatable bonds is 8. The normalized spacial score (nSPS) is 12.6. The Kier molecular flexibility index (Phi) is 7.50. The van der Waals surface area contributed by atoms with Gasteiger partial charge in [0, 0.05) is 12.6 Å². The zero-order valence-corrected chi connectivity index (χ0v) is 22.8. The lowest BCUT2D eigenvalue weighted by Gasteiger charge is -2.25. The number of hydrogen-bond donors (Lipinski definition) is 1. The van der Waals surface area contributed by atoms with Crippen molar-refractivity contribution in [2.45, 2.75) is 53.1 Å². The number of nitrogens with zero attached hydrogens (tertiary/aromatic N) is 1. The smallest absolute Gasteiger partial charge is 0.260 e. The Hall–Kier alpha value is -4.05. The molecule has 0 unspecified atom stereocenters. The van der Waals surface area contributed by atoms with Crippen molar-refractivity contribution >= 4 is 23.0 Å². The van der Waals surface area contributed by atoms with Gasteiger partial charge in [0.1, 0.15) is 12.4 Å². The van der Waals surface area contributed by atoms with Crippen molar-refractivity contribution in [2.75, 3.05) is 16.8 Å². The summed E-state index contributed by atoms with van der Waals surface area (Å²) in [6.45, 7) is 9.64. The van der Waals surface area contributed by atoms with Gasteiger partial charge in [0.15, 0.2) is 0 Å². The molecule has 4 aromatic carbocycles. The summed E-state index contributed by atoms with van der Waals surface area (Å²) in [6, 6.07) is 29.0. The summed E-state index contributed by atoms with van der Waals surface area (Å²) in [4.78, 5) is 15.9. The Labute approximate surface area is 226 Å². The van der Waals surface area contributed by atoms with Crippen LogP contribution in [0.3, 0.4) is 0 Å². The Morgan fingerprint density at radius 3 is 2.32 bits per heavy atom. The van der Waals surface area contributed by atoms with Crippen LogP contribution in [0, 0.1) is 13.8 Å². The summed E-state index contributed by atoms with van der Waals surface area (Å²) < 4.78 is 6.20. The summed E-state index contributed by atoms with van der Waals surface area (Å²) in [5.74, 6) is 1.30. The Morgan fingerprint density at radius 2 is 1.58 bits per heavy atom. The van der Waals surface area contributed by atoms with E-state index in [1.165, 1.54) is 11.1 Å². The number of carbonyl (C=O) groups excluding carboxylic acids is 1. The topological polar surface area (TPSA) is 41.6 Å². The molecule has 0 aromatic heterocycles. The number of nitrogens with one attached hydrogen (secondary N) is 1. The van der Waals surface area contributed by atoms with Crippen LogP contribution in [0.25, 0.3) is 0 Å². The summed E-state index contributed by atoms with van der Waals surface area (Å²) in [5, 5.41) is 3.61. The molecule has 194 valence electrons. The van der Waals surface area contributed by atoms with Crippen LogP contribution in [0.5, 0.6) is 5.75 Å². The van der Waals surface area contributed by atoms with Gasteiger partial charge < -0.3 is 15.0 Å². The van der Waals surface area contributed by atoms with Gasteiger partial charge in [-0.1, -0.05) is 80.6 Å². The molecule has 0 atom stereocenters. The van der Waals surface area contributed by atoms with Crippen molar-refractivity contribution in [1.29, 1.82) is 0 Å². The standard InChI is InChI=1S/C34H36N2O2/c1-23(2)28-17-15-26(16-18-28)13-9-19-36-31-21-29(38-22-27-11-6-5-7-12-27)20-25(4)33(31)35-32-24(3)10-8-14-30(32)34(36)37/h5-8,10-12,14-18,20-21,23,35H,9,13,19,22H2,1-4H3. The predicted molar refractivity (Wildman–Crippen MR) is 157 cm³/mol. The third-order valence-electron chi connectivity index (χ3n) is 7.32. The van der Waals surface area contributed by atoms with Crippen LogP contribution in [-0.2, 0) is 13.0 Å². The molecule has 1 N–H and O–H groups in total. The summed E-state index contributed by atoms with van der Waals surface area (Å²) in [6.07, 6.45) is 1.77. The van der Waals surface area contributed by atoms with E-state index < -0.39 is 0 Å². The molecule has 1 aliphatic rings. The SMILES string of the molecule is Cc1cccc2c1Nc1c(C)cc(OCc3ccccc3)cc1N(CCCc1ccc(C(C)C)cc1)C2=O. The average Bonchev–Trinajstić information content (AvgIpc) is 3.04. The number of fused-ring (bicyclic) bond motifs is 2. The molecule has 1 amide bonds. The lowest BCUT2D eigenvalue weighted by molar-refractivity contribution is 0.0988. The number of carbonyl (C=O) groups is 1. The van der Waals surface area contributed by atoms with Gasteiger partial charge >= 0.3 is 0 Å². The highest BCUT2D eigenvalue weighted by molar-refractivity contribution is 6.14. The Morgan fingerprint density at radius 1 is 0.816 bits per heavy atom. The van der Waals surface area contributed by atoms with Crippen molar-refractivity contribution in [3.05, 3.63) is 118 Å². The average molecular weight is 505 g/mol. The van der Waals surface area contributed by atoms with E-state index in [4.69, 9.17) is 4.74 Å². The zero-order valence-electron chi connectivity index (χ0n) is 22.8. The highest BCUT2D eigenvalue weighted by Crippen LogP contribution is 2.41. The molecule has 4 heteroatoms. The lowest BCUT2D eigenvalue weighted by Crippen LogP contribution is -2.31. The third-order valence-corrected chi connectivity index (χ3v) is 7.32. The number of anilines is 3. The van der Waals surface area contributed by atoms with Gasteiger partial charge in [-0.05, 0) is 72.6 Å². The minimum Gasteiger partial charge on any atom is -0.489 e. The molecule has 5 rings (SSSR count). The van der Waals surface area contributed by atoms with Crippen molar-refractivity contribution in [3.8, 4) is 5.75 Å². The van der Waals surface area contributed by atoms with Gasteiger partial charge in [0.2, 0.25) is 0 Å². The minimum atomic E-state index is 0.0183. The zero-order chi connectivity index (χ0) is 26.6. The molecule has 4 nitrogen and oxygen atoms in total. The number of hydrogen-bond acceptors (Lipinski definition) is 3. The van der Waals surface area contributed by atoms with E-state index in [-0.39, 0.29) is 5.91 Å². The largest absolute Gasteiger partial charge is 0.489 e. The van der Waals surface area contributed by atoms with Crippen molar-refractivity contribution < 1.29 is 9.53 Å². The molecule has 0 fully saturated rings. The fourth-order valence-electron chi connectivity index (χ4n) is 5.06. The molecule has 4 aromatic rings. The van der Waals surface area contributed by atoms with E-state index in [0.717, 1.165) is 52.3 Å². The Bertz CT molecular complexity index is 1430. The van der Waals surface area contributed by atoms with E-state index >= 15 is 0 Å². The second kappa shape index (κ2) is 11.1. The van der Waals surface area contributed by atoms with Crippen molar-refractivity contribution in [2.24, 2.45) is 0 Å². The molecule has 38 heavy (non-hydrogen) atoms. The van der Waals surface area contributed by atoms with Gasteiger partial charge in [-0.15, -0.1) is 0 Å². The predicted octanol–water partition coefficient (Wildman–Crippen LogP) is 8.34. The summed E-state index contributed by atoms with van der Waals surface area (Å²) >= 11 is 0. The molecule has 0 saturated heterocycles. The second-order valence-corrected chi connectivity index (χ2v) is 10.5. The fraction of sp³-hybridized carbons (Fsp3) is 0.265. The van der Waals surface area contributed by atoms with E-state index in [0.29, 0.717) is 24.6 Å². The Balaban J connectivity index is 1.44. The van der Waals surface area contributed by atoms with Crippen LogP contribution in [0.4, 0.5) is 17.1 Å². The van der Waals surface area contributed by atoms with Crippen LogP contribution >= 0.6 is 0 Å². The molecule has 0 saturated carbocycles. The van der Waals surface area contributed by atoms with Gasteiger partial charge in [-0.25, -0.2) is 0 Å². The maximum absolute atomic E-state index is 14.0. The third kappa shape index (κ3) is 5.45. The number of benzene rings is 4. The molecular formula is C34H36N2O2. The minimum absolute atomic E-state index is 0.0183. The van der Waals surface area contributed by atoms with E-state index in [1.54, 1.807) is 0 Å². The van der Waals surface area contributed by atoms with E-state index in [1.807, 2.05) is 54.3 Å². The van der Waals surface area contributed by atoms with Crippen LogP contribution < -0.4 is 15.0 Å². The first-order valence-electron chi connectivity index (χ1n) is 13.5. The second-order valence-electron chi connectivity index (χ2n) is 10.5. The maximum Gasteiger partial charge on any atom is 0.260 e. The van der Waals surface area contributed by atoms with Crippen LogP contribution in [0.1, 0.15) is 64.4 Å². The number of amides is 1. The summed E-state index contributed by atoms with van der Waals surface area (Å²) in [7, 11) is 0. The molecule has 0 bridgehead atoms. The van der Waals surface area contributed by atoms with Gasteiger partial charge in [0.25, 0.3) is 5.91 Å². The lowest BCUT2D eigenvalue weighted by atomic mass is 10.00. The fourth-order valence-corrected chi connectivity index (χ4v) is 5.06. The van der Waals surface area contributed by atoms with Crippen LogP contribution in [0.2, 0.25) is 0 Å². The van der Waals surface area contributed by atoms with Gasteiger partial charge in [0.05, 0.1) is 22.6 Å². The highest BCUT2D eigenvalue weighted by atomic mass is 16.5. The highest BCUT2D eigenvalue weighted by Gasteiger charge is 2.29. The molecule has 0 radical (unpaired) electrons. The first-order valence-corrected chi connectivity index (χ1v) is 13.5. The van der Waals surface area contributed by atoms with Crippen LogP contribution in [-0.4, -0.2) is 12.5 Å². The molecule has 1 aliphatic heterocycles. The molecular weight excluding hydrogens is 468 g/mol. The van der Waals surface area contributed by atoms with Gasteiger partial charge in [-0.3, -0.25) is 4.79 Å². The van der Waals surface area contributed by atoms with E-state index in [2.05, 4.69) is 68.6 Å². The number of aryl methyl sites for hydroxylation is 3. The van der Waals surface area contributed by atoms with Crippen molar-refractivity contribution in [1.82, 2.24) is 0 Å². The van der Waals surface area contributed by atoms with Crippen LogP contribution in [0.15, 0.2) is 84.9 Å². The molecule has 0 aliphatic carbocycles. The monoisotopic (exact) mass is 504 g/mol. The molecule has 0 spiro atoms. The first-order chi connectivity index (χ1) is 18.4. The number of ether oxygens (including phenoxy) is 1. The first kappa shape index (κ1) is 25.6. The number of para-hydroxylation sites is 1. The molecule has 1 heterocycles. The van der Waals surface area contributed by atoms with Crippen molar-refractivity contribution in [3.63, 3.8) is 0 Å².